The van der Waals surface area contributed by atoms with Gasteiger partial charge in [-0.25, -0.2) is 9.37 Å². The molecule has 4 rings (SSSR count). The Kier molecular flexibility index (Phi) is 7.59. The Bertz CT molecular complexity index is 1320. The number of rotatable bonds is 8. The Hall–Kier alpha value is -4.26. The molecule has 0 fully saturated rings. The SMILES string of the molecule is CC(C(=O)N(CC(=O)Nc1nc(-c2ccccc2)cn1-c1ccccc1)C(C)C)c1ccc(F)cc1. The van der Waals surface area contributed by atoms with Crippen molar-refractivity contribution >= 4 is 17.8 Å². The monoisotopic (exact) mass is 484 g/mol. The predicted octanol–water partition coefficient (Wildman–Crippen LogP) is 5.66. The van der Waals surface area contributed by atoms with E-state index < -0.39 is 5.92 Å². The minimum atomic E-state index is -0.517. The van der Waals surface area contributed by atoms with Crippen LogP contribution in [0.3, 0.4) is 0 Å². The minimum absolute atomic E-state index is 0.135. The number of aromatic nitrogens is 2. The summed E-state index contributed by atoms with van der Waals surface area (Å²) in [6.07, 6.45) is 1.88. The van der Waals surface area contributed by atoms with Gasteiger partial charge >= 0.3 is 0 Å². The minimum Gasteiger partial charge on any atom is -0.330 e. The van der Waals surface area contributed by atoms with E-state index in [1.165, 1.54) is 17.0 Å². The van der Waals surface area contributed by atoms with Crippen LogP contribution in [0.1, 0.15) is 32.3 Å². The van der Waals surface area contributed by atoms with Crippen molar-refractivity contribution in [2.75, 3.05) is 11.9 Å². The summed E-state index contributed by atoms with van der Waals surface area (Å²) in [5.41, 5.74) is 3.19. The molecule has 0 radical (unpaired) electrons. The van der Waals surface area contributed by atoms with E-state index in [2.05, 4.69) is 10.3 Å². The van der Waals surface area contributed by atoms with Crippen molar-refractivity contribution in [3.05, 3.63) is 103 Å². The van der Waals surface area contributed by atoms with Crippen LogP contribution < -0.4 is 5.32 Å². The van der Waals surface area contributed by atoms with Crippen LogP contribution >= 0.6 is 0 Å². The zero-order chi connectivity index (χ0) is 25.7. The van der Waals surface area contributed by atoms with Gasteiger partial charge in [0.1, 0.15) is 12.4 Å². The molecule has 1 heterocycles. The van der Waals surface area contributed by atoms with Gasteiger partial charge in [0.15, 0.2) is 0 Å². The third kappa shape index (κ3) is 5.68. The standard InChI is InChI=1S/C29H29FN4O2/c1-20(2)33(28(36)21(3)22-14-16-24(30)17-15-22)19-27(35)32-29-31-26(23-10-6-4-7-11-23)18-34(29)25-12-8-5-9-13-25/h4-18,20-21H,19H2,1-3H3,(H,31,32,35). The molecule has 184 valence electrons. The first-order chi connectivity index (χ1) is 17.3. The molecular weight excluding hydrogens is 455 g/mol. The Morgan fingerprint density at radius 2 is 1.53 bits per heavy atom. The summed E-state index contributed by atoms with van der Waals surface area (Å²) < 4.78 is 15.1. The number of para-hydroxylation sites is 1. The van der Waals surface area contributed by atoms with E-state index in [1.807, 2.05) is 85.3 Å². The number of benzene rings is 3. The largest absolute Gasteiger partial charge is 0.330 e. The molecule has 1 N–H and O–H groups in total. The summed E-state index contributed by atoms with van der Waals surface area (Å²) in [6.45, 7) is 5.35. The molecule has 0 aliphatic carbocycles. The molecule has 2 amide bonds. The van der Waals surface area contributed by atoms with Crippen LogP contribution in [0.25, 0.3) is 16.9 Å². The molecule has 4 aromatic rings. The summed E-state index contributed by atoms with van der Waals surface area (Å²) in [5, 5.41) is 2.90. The molecular formula is C29H29FN4O2. The number of imidazole rings is 1. The fraction of sp³-hybridized carbons (Fsp3) is 0.207. The van der Waals surface area contributed by atoms with Crippen LogP contribution in [-0.2, 0) is 9.59 Å². The number of halogens is 1. The first kappa shape index (κ1) is 24.9. The van der Waals surface area contributed by atoms with Crippen LogP contribution in [-0.4, -0.2) is 38.9 Å². The zero-order valence-corrected chi connectivity index (χ0v) is 20.6. The van der Waals surface area contributed by atoms with E-state index in [0.717, 1.165) is 16.9 Å². The Morgan fingerprint density at radius 1 is 0.917 bits per heavy atom. The highest BCUT2D eigenvalue weighted by Gasteiger charge is 2.26. The van der Waals surface area contributed by atoms with Gasteiger partial charge < -0.3 is 4.90 Å². The van der Waals surface area contributed by atoms with Crippen molar-refractivity contribution in [3.63, 3.8) is 0 Å². The van der Waals surface area contributed by atoms with Crippen LogP contribution in [0, 0.1) is 5.82 Å². The van der Waals surface area contributed by atoms with Crippen molar-refractivity contribution in [2.24, 2.45) is 0 Å². The Morgan fingerprint density at radius 3 is 2.14 bits per heavy atom. The van der Waals surface area contributed by atoms with Crippen LogP contribution in [0.15, 0.2) is 91.1 Å². The number of hydrogen-bond acceptors (Lipinski definition) is 3. The maximum atomic E-state index is 13.3. The maximum absolute atomic E-state index is 13.3. The molecule has 0 bridgehead atoms. The first-order valence-electron chi connectivity index (χ1n) is 11.9. The second kappa shape index (κ2) is 11.0. The molecule has 6 nitrogen and oxygen atoms in total. The molecule has 0 saturated carbocycles. The lowest BCUT2D eigenvalue weighted by molar-refractivity contribution is -0.137. The molecule has 7 heteroatoms. The lowest BCUT2D eigenvalue weighted by Crippen LogP contribution is -2.44. The Balaban J connectivity index is 1.56. The third-order valence-corrected chi connectivity index (χ3v) is 6.02. The van der Waals surface area contributed by atoms with Crippen LogP contribution in [0.5, 0.6) is 0 Å². The van der Waals surface area contributed by atoms with Crippen LogP contribution in [0.2, 0.25) is 0 Å². The van der Waals surface area contributed by atoms with Crippen molar-refractivity contribution in [2.45, 2.75) is 32.7 Å². The first-order valence-corrected chi connectivity index (χ1v) is 11.9. The van der Waals surface area contributed by atoms with Crippen molar-refractivity contribution in [1.29, 1.82) is 0 Å². The van der Waals surface area contributed by atoms with Gasteiger partial charge in [-0.15, -0.1) is 0 Å². The third-order valence-electron chi connectivity index (χ3n) is 6.02. The molecule has 3 aromatic carbocycles. The highest BCUT2D eigenvalue weighted by atomic mass is 19.1. The molecule has 0 spiro atoms. The van der Waals surface area contributed by atoms with E-state index in [1.54, 1.807) is 19.1 Å². The summed E-state index contributed by atoms with van der Waals surface area (Å²) in [7, 11) is 0. The maximum Gasteiger partial charge on any atom is 0.246 e. The van der Waals surface area contributed by atoms with E-state index in [9.17, 15) is 14.0 Å². The van der Waals surface area contributed by atoms with Gasteiger partial charge in [-0.1, -0.05) is 60.7 Å². The molecule has 36 heavy (non-hydrogen) atoms. The summed E-state index contributed by atoms with van der Waals surface area (Å²) in [5.74, 6) is -1.07. The summed E-state index contributed by atoms with van der Waals surface area (Å²) in [4.78, 5) is 32.6. The Labute approximate surface area is 210 Å². The molecule has 1 atom stereocenters. The van der Waals surface area contributed by atoms with Gasteiger partial charge in [-0.3, -0.25) is 19.5 Å². The summed E-state index contributed by atoms with van der Waals surface area (Å²) >= 11 is 0. The van der Waals surface area contributed by atoms with Gasteiger partial charge in [0.2, 0.25) is 17.8 Å². The number of hydrogen-bond donors (Lipinski definition) is 1. The fourth-order valence-electron chi connectivity index (χ4n) is 3.98. The van der Waals surface area contributed by atoms with E-state index in [4.69, 9.17) is 0 Å². The number of carbonyl (C=O) groups excluding carboxylic acids is 2. The number of carbonyl (C=O) groups is 2. The number of anilines is 1. The quantitative estimate of drug-likeness (QED) is 0.351. The average molecular weight is 485 g/mol. The fourth-order valence-corrected chi connectivity index (χ4v) is 3.98. The van der Waals surface area contributed by atoms with Crippen molar-refractivity contribution in [3.8, 4) is 16.9 Å². The molecule has 0 aliphatic rings. The van der Waals surface area contributed by atoms with Gasteiger partial charge in [-0.05, 0) is 50.6 Å². The van der Waals surface area contributed by atoms with Gasteiger partial charge in [0.25, 0.3) is 0 Å². The second-order valence-corrected chi connectivity index (χ2v) is 8.90. The van der Waals surface area contributed by atoms with E-state index in [-0.39, 0.29) is 30.2 Å². The molecule has 0 saturated heterocycles. The van der Waals surface area contributed by atoms with Crippen molar-refractivity contribution in [1.82, 2.24) is 14.5 Å². The lowest BCUT2D eigenvalue weighted by atomic mass is 9.99. The smallest absolute Gasteiger partial charge is 0.246 e. The van der Waals surface area contributed by atoms with Crippen LogP contribution in [0.4, 0.5) is 10.3 Å². The topological polar surface area (TPSA) is 67.2 Å². The average Bonchev–Trinajstić information content (AvgIpc) is 3.31. The highest BCUT2D eigenvalue weighted by molar-refractivity contribution is 5.95. The van der Waals surface area contributed by atoms with Gasteiger partial charge in [-0.2, -0.15) is 0 Å². The lowest BCUT2D eigenvalue weighted by Gasteiger charge is -2.29. The number of nitrogens with zero attached hydrogens (tertiary/aromatic N) is 3. The molecule has 0 aliphatic heterocycles. The number of nitrogens with one attached hydrogen (secondary N) is 1. The van der Waals surface area contributed by atoms with Gasteiger partial charge in [0.05, 0.1) is 11.6 Å². The highest BCUT2D eigenvalue weighted by Crippen LogP contribution is 2.25. The van der Waals surface area contributed by atoms with Gasteiger partial charge in [0, 0.05) is 23.5 Å². The summed E-state index contributed by atoms with van der Waals surface area (Å²) in [6, 6.07) is 25.0. The van der Waals surface area contributed by atoms with E-state index >= 15 is 0 Å². The second-order valence-electron chi connectivity index (χ2n) is 8.90. The molecule has 1 unspecified atom stereocenters. The molecule has 1 aromatic heterocycles. The zero-order valence-electron chi connectivity index (χ0n) is 20.6. The predicted molar refractivity (Wildman–Crippen MR) is 139 cm³/mol. The van der Waals surface area contributed by atoms with E-state index in [0.29, 0.717) is 11.5 Å². The number of amides is 2. The normalized spacial score (nSPS) is 11.8. The van der Waals surface area contributed by atoms with Crippen molar-refractivity contribution < 1.29 is 14.0 Å².